The van der Waals surface area contributed by atoms with E-state index in [9.17, 15) is 0 Å². The van der Waals surface area contributed by atoms with Gasteiger partial charge in [0.15, 0.2) is 5.96 Å². The molecule has 0 amide bonds. The fourth-order valence-electron chi connectivity index (χ4n) is 2.61. The highest BCUT2D eigenvalue weighted by atomic mass is 32.1. The first kappa shape index (κ1) is 19.6. The monoisotopic (exact) mass is 392 g/mol. The van der Waals surface area contributed by atoms with Gasteiger partial charge in [-0.25, -0.2) is 4.98 Å². The van der Waals surface area contributed by atoms with Crippen LogP contribution in [0.25, 0.3) is 10.6 Å². The number of aromatic nitrogens is 1. The van der Waals surface area contributed by atoms with Crippen LogP contribution in [0.1, 0.15) is 11.3 Å². The van der Waals surface area contributed by atoms with Gasteiger partial charge in [-0.05, 0) is 6.07 Å². The van der Waals surface area contributed by atoms with E-state index in [2.05, 4.69) is 39.7 Å². The Morgan fingerprint density at radius 2 is 1.86 bits per heavy atom. The summed E-state index contributed by atoms with van der Waals surface area (Å²) in [4.78, 5) is 8.98. The standard InChI is InChI=1S/C22H24N4OS/c1-3-13-27-20-12-8-7-11-18(20)14-24-22(23-2)25-15-19-16-28-21(26-19)17-9-5-4-6-10-17/h3-12,16H,1,13-15H2,2H3,(H2,23,24,25). The van der Waals surface area contributed by atoms with Crippen molar-refractivity contribution in [2.45, 2.75) is 13.1 Å². The summed E-state index contributed by atoms with van der Waals surface area (Å²) in [5, 5.41) is 9.72. The minimum absolute atomic E-state index is 0.484. The maximum Gasteiger partial charge on any atom is 0.191 e. The molecule has 0 unspecified atom stereocenters. The maximum atomic E-state index is 5.70. The lowest BCUT2D eigenvalue weighted by atomic mass is 10.2. The number of aliphatic imine (C=N–C) groups is 1. The molecule has 0 spiro atoms. The van der Waals surface area contributed by atoms with Gasteiger partial charge in [0.25, 0.3) is 0 Å². The summed E-state index contributed by atoms with van der Waals surface area (Å²) < 4.78 is 5.70. The number of rotatable bonds is 8. The van der Waals surface area contributed by atoms with Crippen LogP contribution in [0.5, 0.6) is 5.75 Å². The molecule has 2 N–H and O–H groups in total. The SMILES string of the molecule is C=CCOc1ccccc1CNC(=NC)NCc1csc(-c2ccccc2)n1. The van der Waals surface area contributed by atoms with E-state index in [1.54, 1.807) is 24.5 Å². The average molecular weight is 393 g/mol. The van der Waals surface area contributed by atoms with Gasteiger partial charge in [0.2, 0.25) is 0 Å². The highest BCUT2D eigenvalue weighted by Crippen LogP contribution is 2.23. The smallest absolute Gasteiger partial charge is 0.191 e. The number of nitrogens with one attached hydrogen (secondary N) is 2. The molecule has 6 heteroatoms. The van der Waals surface area contributed by atoms with Gasteiger partial charge in [-0.15, -0.1) is 11.3 Å². The molecule has 0 radical (unpaired) electrons. The fourth-order valence-corrected chi connectivity index (χ4v) is 3.44. The first-order valence-corrected chi connectivity index (χ1v) is 9.94. The summed E-state index contributed by atoms with van der Waals surface area (Å²) in [5.74, 6) is 1.56. The zero-order chi connectivity index (χ0) is 19.6. The highest BCUT2D eigenvalue weighted by molar-refractivity contribution is 7.13. The molecule has 3 aromatic rings. The van der Waals surface area contributed by atoms with Crippen LogP contribution in [0.3, 0.4) is 0 Å². The number of ether oxygens (including phenoxy) is 1. The molecule has 28 heavy (non-hydrogen) atoms. The summed E-state index contributed by atoms with van der Waals surface area (Å²) in [6.07, 6.45) is 1.74. The Labute approximate surface area is 169 Å². The average Bonchev–Trinajstić information content (AvgIpc) is 3.23. The van der Waals surface area contributed by atoms with Crippen molar-refractivity contribution in [1.29, 1.82) is 0 Å². The fraction of sp³-hybridized carbons (Fsp3) is 0.182. The summed E-state index contributed by atoms with van der Waals surface area (Å²) in [7, 11) is 1.76. The second-order valence-electron chi connectivity index (χ2n) is 6.00. The predicted octanol–water partition coefficient (Wildman–Crippen LogP) is 4.24. The molecule has 1 heterocycles. The third kappa shape index (κ3) is 5.44. The van der Waals surface area contributed by atoms with Gasteiger partial charge in [-0.1, -0.05) is 61.2 Å². The molecule has 0 bridgehead atoms. The number of thiazole rings is 1. The third-order valence-corrected chi connectivity index (χ3v) is 4.95. The second kappa shape index (κ2) is 10.3. The van der Waals surface area contributed by atoms with Crippen molar-refractivity contribution >= 4 is 17.3 Å². The first-order chi connectivity index (χ1) is 13.8. The molecule has 0 saturated carbocycles. The van der Waals surface area contributed by atoms with Crippen LogP contribution in [0.2, 0.25) is 0 Å². The molecule has 3 rings (SSSR count). The summed E-state index contributed by atoms with van der Waals surface area (Å²) in [5.41, 5.74) is 3.19. The van der Waals surface area contributed by atoms with E-state index < -0.39 is 0 Å². The Balaban J connectivity index is 1.55. The Morgan fingerprint density at radius 3 is 2.64 bits per heavy atom. The number of para-hydroxylation sites is 1. The van der Waals surface area contributed by atoms with E-state index in [1.807, 2.05) is 42.5 Å². The Morgan fingerprint density at radius 1 is 1.11 bits per heavy atom. The van der Waals surface area contributed by atoms with Crippen LogP contribution in [0.4, 0.5) is 0 Å². The van der Waals surface area contributed by atoms with Crippen molar-refractivity contribution in [3.63, 3.8) is 0 Å². The van der Waals surface area contributed by atoms with Gasteiger partial charge in [-0.2, -0.15) is 0 Å². The van der Waals surface area contributed by atoms with Crippen molar-refractivity contribution in [1.82, 2.24) is 15.6 Å². The number of hydrogen-bond donors (Lipinski definition) is 2. The molecule has 144 valence electrons. The van der Waals surface area contributed by atoms with E-state index in [4.69, 9.17) is 9.72 Å². The van der Waals surface area contributed by atoms with Crippen molar-refractivity contribution < 1.29 is 4.74 Å². The summed E-state index contributed by atoms with van der Waals surface area (Å²) in [6, 6.07) is 18.1. The lowest BCUT2D eigenvalue weighted by Gasteiger charge is -2.14. The van der Waals surface area contributed by atoms with Gasteiger partial charge >= 0.3 is 0 Å². The molecule has 0 aliphatic heterocycles. The molecule has 5 nitrogen and oxygen atoms in total. The predicted molar refractivity (Wildman–Crippen MR) is 117 cm³/mol. The van der Waals surface area contributed by atoms with Crippen molar-refractivity contribution in [2.24, 2.45) is 4.99 Å². The van der Waals surface area contributed by atoms with Crippen LogP contribution in [-0.4, -0.2) is 24.6 Å². The first-order valence-electron chi connectivity index (χ1n) is 9.06. The van der Waals surface area contributed by atoms with Gasteiger partial charge in [0, 0.05) is 30.1 Å². The van der Waals surface area contributed by atoms with Gasteiger partial charge in [-0.3, -0.25) is 4.99 Å². The number of nitrogens with zero attached hydrogens (tertiary/aromatic N) is 2. The number of guanidine groups is 1. The maximum absolute atomic E-state index is 5.70. The molecule has 0 fully saturated rings. The van der Waals surface area contributed by atoms with E-state index in [0.717, 1.165) is 27.6 Å². The van der Waals surface area contributed by atoms with E-state index >= 15 is 0 Å². The molecule has 0 aliphatic rings. The van der Waals surface area contributed by atoms with Crippen LogP contribution in [0, 0.1) is 0 Å². The Bertz CT molecular complexity index is 921. The number of hydrogen-bond acceptors (Lipinski definition) is 4. The summed E-state index contributed by atoms with van der Waals surface area (Å²) >= 11 is 1.65. The molecule has 0 aliphatic carbocycles. The normalized spacial score (nSPS) is 11.1. The minimum Gasteiger partial charge on any atom is -0.489 e. The van der Waals surface area contributed by atoms with E-state index in [-0.39, 0.29) is 0 Å². The van der Waals surface area contributed by atoms with Crippen LogP contribution >= 0.6 is 11.3 Å². The largest absolute Gasteiger partial charge is 0.489 e. The van der Waals surface area contributed by atoms with Gasteiger partial charge in [0.1, 0.15) is 17.4 Å². The van der Waals surface area contributed by atoms with Crippen molar-refractivity contribution in [3.8, 4) is 16.3 Å². The summed E-state index contributed by atoms with van der Waals surface area (Å²) in [6.45, 7) is 5.40. The molecular formula is C22H24N4OS. The molecule has 2 aromatic carbocycles. The Kier molecular flexibility index (Phi) is 7.21. The molecular weight excluding hydrogens is 368 g/mol. The van der Waals surface area contributed by atoms with E-state index in [1.165, 1.54) is 0 Å². The molecule has 1 aromatic heterocycles. The second-order valence-corrected chi connectivity index (χ2v) is 6.85. The van der Waals surface area contributed by atoms with Gasteiger partial charge < -0.3 is 15.4 Å². The lowest BCUT2D eigenvalue weighted by Crippen LogP contribution is -2.36. The minimum atomic E-state index is 0.484. The van der Waals surface area contributed by atoms with Crippen molar-refractivity contribution in [3.05, 3.63) is 83.9 Å². The number of benzene rings is 2. The van der Waals surface area contributed by atoms with Crippen LogP contribution in [-0.2, 0) is 13.1 Å². The molecule has 0 atom stereocenters. The van der Waals surface area contributed by atoms with Crippen molar-refractivity contribution in [2.75, 3.05) is 13.7 Å². The highest BCUT2D eigenvalue weighted by Gasteiger charge is 2.07. The van der Waals surface area contributed by atoms with Crippen LogP contribution in [0.15, 0.2) is 77.6 Å². The van der Waals surface area contributed by atoms with Gasteiger partial charge in [0.05, 0.1) is 12.2 Å². The lowest BCUT2D eigenvalue weighted by molar-refractivity contribution is 0.358. The Hall–Kier alpha value is -3.12. The van der Waals surface area contributed by atoms with Crippen LogP contribution < -0.4 is 15.4 Å². The van der Waals surface area contributed by atoms with E-state index in [0.29, 0.717) is 25.7 Å². The topological polar surface area (TPSA) is 58.5 Å². The quantitative estimate of drug-likeness (QED) is 0.342. The zero-order valence-electron chi connectivity index (χ0n) is 15.9. The zero-order valence-corrected chi connectivity index (χ0v) is 16.7. The molecule has 0 saturated heterocycles. The third-order valence-electron chi connectivity index (χ3n) is 4.01.